The fourth-order valence-corrected chi connectivity index (χ4v) is 15.6. The zero-order valence-corrected chi connectivity index (χ0v) is 62.0. The maximum atomic E-state index is 16.2. The molecule has 0 unspecified atom stereocenters. The molecule has 2 heterocycles. The van der Waals surface area contributed by atoms with Crippen molar-refractivity contribution in [2.24, 2.45) is 0 Å². The number of amides is 4. The monoisotopic (exact) mass is 1590 g/mol. The number of carbonyl (C=O) groups excluding carboxylic acids is 4. The Morgan fingerprint density at radius 3 is 0.638 bits per heavy atom. The summed E-state index contributed by atoms with van der Waals surface area (Å²) in [5, 5.41) is 3.08. The summed E-state index contributed by atoms with van der Waals surface area (Å²) >= 11 is 0. The van der Waals surface area contributed by atoms with Gasteiger partial charge in [0.25, 0.3) is 23.6 Å². The van der Waals surface area contributed by atoms with Crippen molar-refractivity contribution in [3.8, 4) is 69.0 Å². The van der Waals surface area contributed by atoms with E-state index in [0.717, 1.165) is 58.3 Å². The molecule has 0 fully saturated rings. The lowest BCUT2D eigenvalue weighted by molar-refractivity contribution is 0.0877. The van der Waals surface area contributed by atoms with Crippen molar-refractivity contribution in [3.63, 3.8) is 0 Å². The van der Waals surface area contributed by atoms with Crippen LogP contribution in [0.5, 0.6) is 69.0 Å². The highest BCUT2D eigenvalue weighted by Gasteiger charge is 2.44. The molecule has 14 aromatic carbocycles. The fraction of sp³-hybridized carbons (Fsp3) is 0.133. The Morgan fingerprint density at radius 2 is 0.448 bits per heavy atom. The normalized spacial score (nSPS) is 12.8. The van der Waals surface area contributed by atoms with Gasteiger partial charge in [-0.1, -0.05) is 116 Å². The van der Waals surface area contributed by atoms with Crippen LogP contribution >= 0.6 is 0 Å². The standard InChI is InChI=1S/C90H58F12N2O12/c1-39(2)51-11-9-12-52(40(3)4)77(51)103-87(105)59-35-63(109-43-15-23-47(24-16-43)113-83(99)79(91)92)71-55-31-33-57-68-58(34-32-56(67(55)68)72-64(36-60(88(103)106)69(59)75(71)72)110-44-17-25-48(26-18-44)114-84(100)80(93)94)74-66(112-46-21-29-50(30-22-46)116-86(102)82(97)98)38-62-70-61(89(107)104(90(62)108)78-53(41(5)6)13-10-14-54(78)42(7)8)37-65(73(57)76(70)74)111-45-19-27-49(28-20-45)115-85(101)81(95)96/h9-42H,1-8H3. The maximum absolute atomic E-state index is 16.2. The van der Waals surface area contributed by atoms with E-state index in [1.54, 1.807) is 48.5 Å². The minimum atomic E-state index is -2.74. The summed E-state index contributed by atoms with van der Waals surface area (Å²) in [7, 11) is 0. The molecule has 14 aromatic rings. The number of carbonyl (C=O) groups is 4. The number of para-hydroxylation sites is 2. The molecule has 16 rings (SSSR count). The second-order valence-electron chi connectivity index (χ2n) is 28.7. The van der Waals surface area contributed by atoms with Crippen molar-refractivity contribution in [2.45, 2.75) is 79.1 Å². The molecule has 4 amide bonds. The zero-order valence-electron chi connectivity index (χ0n) is 62.0. The lowest BCUT2D eigenvalue weighted by Crippen LogP contribution is -2.42. The molecule has 0 radical (unpaired) electrons. The first-order valence-corrected chi connectivity index (χ1v) is 36.1. The Kier molecular flexibility index (Phi) is 19.3. The Labute approximate surface area is 650 Å². The van der Waals surface area contributed by atoms with Gasteiger partial charge in [-0.05, 0) is 200 Å². The van der Waals surface area contributed by atoms with E-state index in [0.29, 0.717) is 65.9 Å². The van der Waals surface area contributed by atoms with E-state index in [1.165, 1.54) is 72.8 Å². The van der Waals surface area contributed by atoms with E-state index in [9.17, 15) is 52.7 Å². The quantitative estimate of drug-likeness (QED) is 0.0209. The van der Waals surface area contributed by atoms with Crippen LogP contribution in [0.3, 0.4) is 0 Å². The Hall–Kier alpha value is -13.8. The zero-order chi connectivity index (χ0) is 82.0. The van der Waals surface area contributed by atoms with E-state index in [2.05, 4.69) is 0 Å². The molecule has 584 valence electrons. The molecule has 2 aliphatic heterocycles. The van der Waals surface area contributed by atoms with Gasteiger partial charge in [0.05, 0.1) is 33.6 Å². The summed E-state index contributed by atoms with van der Waals surface area (Å²) in [6.07, 6.45) is -11.0. The van der Waals surface area contributed by atoms with Crippen molar-refractivity contribution in [1.82, 2.24) is 0 Å². The first kappa shape index (κ1) is 76.2. The number of imide groups is 2. The molecule has 0 aliphatic carbocycles. The number of ether oxygens (including phenoxy) is 8. The second-order valence-corrected chi connectivity index (χ2v) is 28.7. The predicted octanol–water partition coefficient (Wildman–Crippen LogP) is 27.6. The highest BCUT2D eigenvalue weighted by atomic mass is 19.3. The van der Waals surface area contributed by atoms with Gasteiger partial charge in [0.2, 0.25) is 0 Å². The minimum absolute atomic E-state index is 0.0443. The van der Waals surface area contributed by atoms with Gasteiger partial charge >= 0.3 is 48.4 Å². The average Bonchev–Trinajstić information content (AvgIpc) is 0.669. The molecular formula is C90H58F12N2O12. The highest BCUT2D eigenvalue weighted by Crippen LogP contribution is 2.59. The van der Waals surface area contributed by atoms with Crippen LogP contribution in [0.15, 0.2) is 230 Å². The van der Waals surface area contributed by atoms with Crippen LogP contribution in [0, 0.1) is 0 Å². The minimum Gasteiger partial charge on any atom is -0.457 e. The predicted molar refractivity (Wildman–Crippen MR) is 413 cm³/mol. The SMILES string of the molecule is CC(C)c1cccc(C(C)C)c1N1C(=O)c2cc(Oc3ccc(OC(F)=C(F)F)cc3)c3c4ccc5c6c(Oc7ccc(OC(F)=C(F)F)cc7)cc7c8c(cc(Oc9ccc(OC(F)=C(F)F)cc9)c(c9ccc(c%10c(Oc%11ccc(OC(F)=C(F)F)cc%11)cc(c2c3%10)C1=O)c4c59)c86)C(=O)N(c1c(C(C)C)cccc1C(C)C)C7=O. The topological polar surface area (TPSA) is 149 Å². The number of benzene rings is 14. The smallest absolute Gasteiger partial charge is 0.344 e. The molecule has 0 bridgehead atoms. The van der Waals surface area contributed by atoms with Crippen molar-refractivity contribution in [3.05, 3.63) is 275 Å². The number of nitrogens with zero attached hydrogens (tertiary/aromatic N) is 2. The number of halogens is 12. The molecular weight excluding hydrogens is 1530 g/mol. The van der Waals surface area contributed by atoms with Gasteiger partial charge in [0, 0.05) is 43.1 Å². The third kappa shape index (κ3) is 12.9. The van der Waals surface area contributed by atoms with Gasteiger partial charge in [-0.25, -0.2) is 9.80 Å². The van der Waals surface area contributed by atoms with E-state index in [-0.39, 0.29) is 158 Å². The molecule has 0 atom stereocenters. The molecule has 26 heteroatoms. The summed E-state index contributed by atoms with van der Waals surface area (Å²) in [6.45, 7) is 15.2. The Morgan fingerprint density at radius 1 is 0.250 bits per heavy atom. The Balaban J connectivity index is 1.06. The molecule has 0 saturated carbocycles. The van der Waals surface area contributed by atoms with Crippen molar-refractivity contribution in [1.29, 1.82) is 0 Å². The van der Waals surface area contributed by atoms with Crippen LogP contribution in [0.4, 0.5) is 64.1 Å². The van der Waals surface area contributed by atoms with Crippen molar-refractivity contribution < 1.29 is 110 Å². The van der Waals surface area contributed by atoms with Crippen LogP contribution in [-0.2, 0) is 0 Å². The number of rotatable bonds is 22. The summed E-state index contributed by atoms with van der Waals surface area (Å²) in [6, 6.07) is 34.1. The molecule has 116 heavy (non-hydrogen) atoms. The largest absolute Gasteiger partial charge is 0.457 e. The van der Waals surface area contributed by atoms with Crippen LogP contribution in [0.25, 0.3) is 75.4 Å². The van der Waals surface area contributed by atoms with Crippen LogP contribution in [0.2, 0.25) is 0 Å². The lowest BCUT2D eigenvalue weighted by atomic mass is 9.79. The maximum Gasteiger partial charge on any atom is 0.344 e. The molecule has 0 spiro atoms. The van der Waals surface area contributed by atoms with Gasteiger partial charge in [-0.15, -0.1) is 0 Å². The van der Waals surface area contributed by atoms with E-state index in [4.69, 9.17) is 37.9 Å². The summed E-state index contributed by atoms with van der Waals surface area (Å²) < 4.78 is 212. The molecule has 2 aliphatic rings. The fourth-order valence-electron chi connectivity index (χ4n) is 15.6. The van der Waals surface area contributed by atoms with Gasteiger partial charge < -0.3 is 37.9 Å². The van der Waals surface area contributed by atoms with Gasteiger partial charge in [0.1, 0.15) is 69.0 Å². The van der Waals surface area contributed by atoms with E-state index < -0.39 is 72.0 Å². The third-order valence-electron chi connectivity index (χ3n) is 20.4. The summed E-state index contributed by atoms with van der Waals surface area (Å²) in [5.41, 5.74) is 2.79. The number of hydrogen-bond acceptors (Lipinski definition) is 12. The highest BCUT2D eigenvalue weighted by molar-refractivity contribution is 6.49. The van der Waals surface area contributed by atoms with Gasteiger partial charge in [-0.3, -0.25) is 19.2 Å². The third-order valence-corrected chi connectivity index (χ3v) is 20.4. The first-order valence-electron chi connectivity index (χ1n) is 36.1. The van der Waals surface area contributed by atoms with E-state index >= 15 is 19.2 Å². The number of fused-ring (bicyclic) bond motifs is 4. The van der Waals surface area contributed by atoms with Crippen LogP contribution < -0.4 is 47.7 Å². The van der Waals surface area contributed by atoms with Crippen LogP contribution in [-0.4, -0.2) is 23.6 Å². The first-order chi connectivity index (χ1) is 55.5. The summed E-state index contributed by atoms with van der Waals surface area (Å²) in [5.74, 6) is -6.41. The lowest BCUT2D eigenvalue weighted by Gasteiger charge is -2.34. The van der Waals surface area contributed by atoms with Gasteiger partial charge in [0.15, 0.2) is 0 Å². The van der Waals surface area contributed by atoms with E-state index in [1.807, 2.05) is 67.5 Å². The Bertz CT molecular complexity index is 5860. The second kappa shape index (κ2) is 29.3. The molecule has 0 N–H and O–H groups in total. The van der Waals surface area contributed by atoms with Crippen LogP contribution in [0.1, 0.15) is 143 Å². The molecule has 0 aromatic heterocycles. The number of anilines is 2. The van der Waals surface area contributed by atoms with Crippen molar-refractivity contribution in [2.75, 3.05) is 9.80 Å². The summed E-state index contributed by atoms with van der Waals surface area (Å²) in [4.78, 5) is 67.1. The van der Waals surface area contributed by atoms with Crippen molar-refractivity contribution >= 4 is 110 Å². The number of hydrogen-bond donors (Lipinski definition) is 0. The molecule has 14 nitrogen and oxygen atoms in total. The van der Waals surface area contributed by atoms with Gasteiger partial charge in [-0.2, -0.15) is 52.7 Å². The average molecular weight is 1590 g/mol. The molecule has 0 saturated heterocycles.